The molecule has 9 nitrogen and oxygen atoms in total. The molecule has 0 fully saturated rings. The number of rotatable bonds is 6. The van der Waals surface area contributed by atoms with Crippen LogP contribution in [0.25, 0.3) is 0 Å². The number of nitrogens with one attached hydrogen (secondary N) is 1. The van der Waals surface area contributed by atoms with Crippen LogP contribution in [0.3, 0.4) is 0 Å². The Labute approximate surface area is 221 Å². The summed E-state index contributed by atoms with van der Waals surface area (Å²) in [5.74, 6) is -2.32. The van der Waals surface area contributed by atoms with Gasteiger partial charge >= 0.3 is 6.18 Å². The summed E-state index contributed by atoms with van der Waals surface area (Å²) in [6.45, 7) is 5.64. The predicted molar refractivity (Wildman–Crippen MR) is 136 cm³/mol. The van der Waals surface area contributed by atoms with E-state index in [0.717, 1.165) is 5.69 Å². The second-order valence-corrected chi connectivity index (χ2v) is 11.3. The Morgan fingerprint density at radius 1 is 1.18 bits per heavy atom. The van der Waals surface area contributed by atoms with Gasteiger partial charge in [-0.2, -0.15) is 13.2 Å². The average Bonchev–Trinajstić information content (AvgIpc) is 2.83. The summed E-state index contributed by atoms with van der Waals surface area (Å²) in [7, 11) is -1.58. The van der Waals surface area contributed by atoms with E-state index in [0.29, 0.717) is 13.1 Å². The Bertz CT molecular complexity index is 1200. The monoisotopic (exact) mass is 558 g/mol. The van der Waals surface area contributed by atoms with E-state index in [1.54, 1.807) is 20.4 Å². The molecule has 13 heteroatoms. The van der Waals surface area contributed by atoms with Crippen molar-refractivity contribution in [2.75, 3.05) is 44.3 Å². The van der Waals surface area contributed by atoms with Gasteiger partial charge in [-0.25, -0.2) is 8.42 Å². The molecule has 0 bridgehead atoms. The Balaban J connectivity index is 1.94. The molecule has 2 heterocycles. The highest BCUT2D eigenvalue weighted by molar-refractivity contribution is 7.92. The first-order chi connectivity index (χ1) is 17.8. The van der Waals surface area contributed by atoms with Crippen molar-refractivity contribution in [2.24, 2.45) is 5.92 Å². The highest BCUT2D eigenvalue weighted by Gasteiger charge is 2.35. The van der Waals surface area contributed by atoms with Gasteiger partial charge in [0.25, 0.3) is 5.91 Å². The van der Waals surface area contributed by atoms with Gasteiger partial charge in [0.1, 0.15) is 12.4 Å². The lowest BCUT2D eigenvalue weighted by molar-refractivity contribution is -0.106. The maximum atomic E-state index is 13.4. The first kappa shape index (κ1) is 29.7. The summed E-state index contributed by atoms with van der Waals surface area (Å²) < 4.78 is 75.7. The van der Waals surface area contributed by atoms with Gasteiger partial charge in [0.15, 0.2) is 5.75 Å². The number of amides is 1. The molecule has 1 amide bonds. The minimum absolute atomic E-state index is 0.0146. The van der Waals surface area contributed by atoms with E-state index in [9.17, 15) is 26.4 Å². The molecule has 1 N–H and O–H groups in total. The number of carbonyl (C=O) groups excluding carboxylic acids is 1. The van der Waals surface area contributed by atoms with E-state index in [4.69, 9.17) is 9.47 Å². The molecule has 1 aliphatic rings. The zero-order valence-corrected chi connectivity index (χ0v) is 22.6. The minimum atomic E-state index is -4.91. The molecule has 3 atom stereocenters. The van der Waals surface area contributed by atoms with Gasteiger partial charge in [-0.15, -0.1) is 0 Å². The molecule has 210 valence electrons. The number of nitrogens with zero attached hydrogens (tertiary/aromatic N) is 3. The Kier molecular flexibility index (Phi) is 9.60. The zero-order valence-electron chi connectivity index (χ0n) is 21.7. The van der Waals surface area contributed by atoms with Crippen molar-refractivity contribution in [3.05, 3.63) is 53.9 Å². The van der Waals surface area contributed by atoms with Crippen molar-refractivity contribution in [1.82, 2.24) is 14.8 Å². The predicted octanol–water partition coefficient (Wildman–Crippen LogP) is 3.39. The van der Waals surface area contributed by atoms with Gasteiger partial charge in [0, 0.05) is 51.7 Å². The van der Waals surface area contributed by atoms with Crippen LogP contribution in [-0.4, -0.2) is 87.0 Å². The van der Waals surface area contributed by atoms with Gasteiger partial charge in [-0.1, -0.05) is 13.0 Å². The summed E-state index contributed by atoms with van der Waals surface area (Å²) in [6.07, 6.45) is -3.50. The molecule has 1 aromatic carbocycles. The molecule has 0 aliphatic carbocycles. The lowest BCUT2D eigenvalue weighted by Gasteiger charge is -2.35. The van der Waals surface area contributed by atoms with Crippen LogP contribution in [0.15, 0.2) is 42.6 Å². The van der Waals surface area contributed by atoms with E-state index in [-0.39, 0.29) is 48.2 Å². The number of pyridine rings is 1. The number of likely N-dealkylation sites (N-methyl/N-ethyl adjacent to an activating group) is 1. The smallest absolute Gasteiger partial charge is 0.404 e. The summed E-state index contributed by atoms with van der Waals surface area (Å²) >= 11 is 0. The van der Waals surface area contributed by atoms with Gasteiger partial charge in [-0.3, -0.25) is 19.4 Å². The number of anilines is 1. The number of ether oxygens (including phenoxy) is 2. The quantitative estimate of drug-likeness (QED) is 0.580. The summed E-state index contributed by atoms with van der Waals surface area (Å²) in [5.41, 5.74) is 0.731. The summed E-state index contributed by atoms with van der Waals surface area (Å²) in [6, 6.07) is 9.42. The van der Waals surface area contributed by atoms with Crippen molar-refractivity contribution in [3.63, 3.8) is 0 Å². The molecule has 0 radical (unpaired) electrons. The highest BCUT2D eigenvalue weighted by Crippen LogP contribution is 2.28. The van der Waals surface area contributed by atoms with Gasteiger partial charge in [0.05, 0.1) is 17.4 Å². The second kappa shape index (κ2) is 12.3. The van der Waals surface area contributed by atoms with E-state index >= 15 is 0 Å². The molecule has 1 aromatic heterocycles. The van der Waals surface area contributed by atoms with Crippen molar-refractivity contribution in [1.29, 1.82) is 0 Å². The molecule has 0 unspecified atom stereocenters. The average molecular weight is 559 g/mol. The number of fused-ring (bicyclic) bond motifs is 1. The fourth-order valence-electron chi connectivity index (χ4n) is 4.27. The third kappa shape index (κ3) is 8.30. The maximum absolute atomic E-state index is 13.4. The lowest BCUT2D eigenvalue weighted by Crippen LogP contribution is -2.46. The fraction of sp³-hybridized carbons (Fsp3) is 0.520. The minimum Gasteiger partial charge on any atom is -0.491 e. The third-order valence-corrected chi connectivity index (χ3v) is 7.55. The fourth-order valence-corrected chi connectivity index (χ4v) is 5.26. The topological polar surface area (TPSA) is 101 Å². The zero-order chi connectivity index (χ0) is 28.1. The number of hydrogen-bond acceptors (Lipinski definition) is 7. The Hall–Kier alpha value is -2.90. The van der Waals surface area contributed by atoms with Crippen LogP contribution in [0.5, 0.6) is 5.75 Å². The largest absolute Gasteiger partial charge is 0.491 e. The van der Waals surface area contributed by atoms with Crippen LogP contribution in [0, 0.1) is 5.92 Å². The van der Waals surface area contributed by atoms with Crippen LogP contribution < -0.4 is 9.46 Å². The van der Waals surface area contributed by atoms with Crippen LogP contribution in [0.2, 0.25) is 0 Å². The van der Waals surface area contributed by atoms with Crippen molar-refractivity contribution >= 4 is 21.6 Å². The number of methoxy groups -OCH3 is 1. The highest BCUT2D eigenvalue weighted by atomic mass is 32.2. The van der Waals surface area contributed by atoms with Crippen LogP contribution in [-0.2, 0) is 21.3 Å². The number of hydrogen-bond donors (Lipinski definition) is 1. The van der Waals surface area contributed by atoms with Gasteiger partial charge < -0.3 is 14.4 Å². The van der Waals surface area contributed by atoms with E-state index in [1.807, 2.05) is 36.8 Å². The number of halogens is 3. The molecular formula is C25H33F3N4O5S. The van der Waals surface area contributed by atoms with Crippen LogP contribution in [0.1, 0.15) is 29.9 Å². The Morgan fingerprint density at radius 2 is 1.92 bits per heavy atom. The lowest BCUT2D eigenvalue weighted by atomic mass is 10.0. The van der Waals surface area contributed by atoms with E-state index in [2.05, 4.69) is 9.88 Å². The molecular weight excluding hydrogens is 525 g/mol. The molecule has 1 aliphatic heterocycles. The molecule has 38 heavy (non-hydrogen) atoms. The third-order valence-electron chi connectivity index (χ3n) is 6.29. The van der Waals surface area contributed by atoms with E-state index < -0.39 is 27.9 Å². The molecule has 3 rings (SSSR count). The van der Waals surface area contributed by atoms with Crippen LogP contribution >= 0.6 is 0 Å². The van der Waals surface area contributed by atoms with Gasteiger partial charge in [-0.05, 0) is 43.2 Å². The Morgan fingerprint density at radius 3 is 2.55 bits per heavy atom. The molecule has 2 aromatic rings. The van der Waals surface area contributed by atoms with Crippen molar-refractivity contribution < 1.29 is 35.9 Å². The number of aromatic nitrogens is 1. The van der Waals surface area contributed by atoms with Crippen molar-refractivity contribution in [3.8, 4) is 5.75 Å². The van der Waals surface area contributed by atoms with Crippen molar-refractivity contribution in [2.45, 2.75) is 38.7 Å². The van der Waals surface area contributed by atoms with Crippen LogP contribution in [0.4, 0.5) is 18.9 Å². The number of alkyl halides is 3. The molecule has 0 saturated carbocycles. The van der Waals surface area contributed by atoms with Gasteiger partial charge in [0.2, 0.25) is 10.0 Å². The molecule has 0 saturated heterocycles. The SMILES string of the molecule is CO[C@H]1CN(C)C(=O)c2cc(NS(=O)(=O)CC(F)(F)F)ccc2OC[C@@H](C)N(Cc2ccccn2)C[C@@H]1C. The first-order valence-electron chi connectivity index (χ1n) is 12.0. The number of benzene rings is 1. The molecule has 0 spiro atoms. The maximum Gasteiger partial charge on any atom is 0.404 e. The summed E-state index contributed by atoms with van der Waals surface area (Å²) in [5, 5.41) is 0. The summed E-state index contributed by atoms with van der Waals surface area (Å²) in [4.78, 5) is 21.4. The number of carbonyl (C=O) groups is 1. The standard InChI is InChI=1S/C25H33F3N4O5S/c1-17-12-32(13-20-7-5-6-10-29-20)18(2)15-37-22-9-8-19(30-38(34,35)16-25(26,27)28)11-21(22)24(33)31(3)14-23(17)36-4/h5-11,17-18,23,30H,12-16H2,1-4H3/t17-,18+,23-/m0/s1. The number of sulfonamides is 1. The van der Waals surface area contributed by atoms with E-state index in [1.165, 1.54) is 23.1 Å². The first-order valence-corrected chi connectivity index (χ1v) is 13.7. The second-order valence-electron chi connectivity index (χ2n) is 9.53. The normalized spacial score (nSPS) is 22.1.